The third-order valence-corrected chi connectivity index (χ3v) is 4.23. The summed E-state index contributed by atoms with van der Waals surface area (Å²) in [6, 6.07) is 10.4. The molecule has 0 saturated carbocycles. The lowest BCUT2D eigenvalue weighted by Gasteiger charge is -2.11. The average Bonchev–Trinajstić information content (AvgIpc) is 2.91. The molecule has 1 atom stereocenters. The number of aromatic nitrogens is 4. The summed E-state index contributed by atoms with van der Waals surface area (Å²) in [6.07, 6.45) is 0. The normalized spacial score (nSPS) is 12.8. The zero-order valence-corrected chi connectivity index (χ0v) is 13.7. The molecule has 1 heterocycles. The molecule has 0 aliphatic carbocycles. The highest BCUT2D eigenvalue weighted by molar-refractivity contribution is 7.99. The summed E-state index contributed by atoms with van der Waals surface area (Å²) in [6.45, 7) is 9.28. The Balaban J connectivity index is 1.88. The molecule has 5 nitrogen and oxygen atoms in total. The van der Waals surface area contributed by atoms with Crippen LogP contribution in [0.4, 0.5) is 0 Å². The fourth-order valence-electron chi connectivity index (χ4n) is 1.95. The van der Waals surface area contributed by atoms with Gasteiger partial charge in [0, 0.05) is 11.8 Å². The van der Waals surface area contributed by atoms with Gasteiger partial charge in [-0.2, -0.15) is 0 Å². The number of tetrazole rings is 1. The molecule has 0 fully saturated rings. The van der Waals surface area contributed by atoms with Crippen molar-refractivity contribution in [2.45, 2.75) is 37.7 Å². The Kier molecular flexibility index (Phi) is 6.20. The first kappa shape index (κ1) is 16.0. The quantitative estimate of drug-likeness (QED) is 0.600. The Morgan fingerprint density at radius 3 is 2.67 bits per heavy atom. The van der Waals surface area contributed by atoms with E-state index in [4.69, 9.17) is 0 Å². The van der Waals surface area contributed by atoms with Gasteiger partial charge in [0.25, 0.3) is 0 Å². The van der Waals surface area contributed by atoms with E-state index in [1.54, 1.807) is 11.8 Å². The number of hydrogen-bond donors (Lipinski definition) is 1. The van der Waals surface area contributed by atoms with Gasteiger partial charge in [0.05, 0.1) is 6.54 Å². The monoisotopic (exact) mass is 305 g/mol. The fraction of sp³-hybridized carbons (Fsp3) is 0.533. The van der Waals surface area contributed by atoms with Crippen molar-refractivity contribution >= 4 is 11.8 Å². The fourth-order valence-corrected chi connectivity index (χ4v) is 2.89. The number of nitrogens with one attached hydrogen (secondary N) is 1. The third-order valence-electron chi connectivity index (χ3n) is 3.10. The zero-order valence-electron chi connectivity index (χ0n) is 12.9. The van der Waals surface area contributed by atoms with Crippen LogP contribution in [-0.2, 0) is 6.54 Å². The van der Waals surface area contributed by atoms with Crippen molar-refractivity contribution in [1.29, 1.82) is 0 Å². The van der Waals surface area contributed by atoms with Crippen LogP contribution >= 0.6 is 11.8 Å². The van der Waals surface area contributed by atoms with E-state index in [2.05, 4.69) is 65.9 Å². The predicted molar refractivity (Wildman–Crippen MR) is 86.2 cm³/mol. The van der Waals surface area contributed by atoms with Crippen molar-refractivity contribution in [2.75, 3.05) is 13.1 Å². The number of hydrogen-bond acceptors (Lipinski definition) is 5. The summed E-state index contributed by atoms with van der Waals surface area (Å²) in [5, 5.41) is 16.6. The Labute approximate surface area is 130 Å². The number of nitrogens with zero attached hydrogens (tertiary/aromatic N) is 4. The second kappa shape index (κ2) is 8.14. The maximum absolute atomic E-state index is 4.13. The van der Waals surface area contributed by atoms with Crippen LogP contribution in [0.15, 0.2) is 35.5 Å². The van der Waals surface area contributed by atoms with E-state index in [1.807, 2.05) is 10.7 Å². The molecule has 6 heteroatoms. The lowest BCUT2D eigenvalue weighted by molar-refractivity contribution is 0.481. The summed E-state index contributed by atoms with van der Waals surface area (Å²) in [5.41, 5.74) is 1.29. The van der Waals surface area contributed by atoms with Gasteiger partial charge < -0.3 is 5.32 Å². The average molecular weight is 305 g/mol. The lowest BCUT2D eigenvalue weighted by atomic mass is 10.2. The minimum Gasteiger partial charge on any atom is -0.315 e. The van der Waals surface area contributed by atoms with Crippen molar-refractivity contribution in [3.05, 3.63) is 35.9 Å². The predicted octanol–water partition coefficient (Wildman–Crippen LogP) is 2.77. The first-order chi connectivity index (χ1) is 10.2. The van der Waals surface area contributed by atoms with Gasteiger partial charge in [0.1, 0.15) is 0 Å². The van der Waals surface area contributed by atoms with E-state index in [0.29, 0.717) is 11.2 Å². The first-order valence-corrected chi connectivity index (χ1v) is 8.23. The molecule has 21 heavy (non-hydrogen) atoms. The second-order valence-corrected chi connectivity index (χ2v) is 6.76. The number of rotatable bonds is 8. The van der Waals surface area contributed by atoms with Crippen molar-refractivity contribution in [2.24, 2.45) is 5.92 Å². The highest BCUT2D eigenvalue weighted by Crippen LogP contribution is 2.32. The Hall–Kier alpha value is -1.40. The molecule has 0 amide bonds. The molecule has 0 saturated heterocycles. The lowest BCUT2D eigenvalue weighted by Crippen LogP contribution is -2.24. The molecule has 1 unspecified atom stereocenters. The van der Waals surface area contributed by atoms with Gasteiger partial charge >= 0.3 is 0 Å². The second-order valence-electron chi connectivity index (χ2n) is 5.45. The van der Waals surface area contributed by atoms with Crippen LogP contribution in [0.3, 0.4) is 0 Å². The molecule has 0 aliphatic rings. The maximum atomic E-state index is 4.13. The minimum absolute atomic E-state index is 0.333. The molecule has 0 aliphatic heterocycles. The SMILES string of the molecule is CC(C)CNCCn1nnnc1SC(C)c1ccccc1. The Morgan fingerprint density at radius 2 is 1.95 bits per heavy atom. The van der Waals surface area contributed by atoms with E-state index < -0.39 is 0 Å². The van der Waals surface area contributed by atoms with Crippen LogP contribution in [0, 0.1) is 5.92 Å². The van der Waals surface area contributed by atoms with Gasteiger partial charge in [0.2, 0.25) is 5.16 Å². The Bertz CT molecular complexity index is 526. The van der Waals surface area contributed by atoms with Crippen molar-refractivity contribution in [3.63, 3.8) is 0 Å². The topological polar surface area (TPSA) is 55.6 Å². The van der Waals surface area contributed by atoms with Gasteiger partial charge in [-0.05, 0) is 35.4 Å². The summed E-state index contributed by atoms with van der Waals surface area (Å²) in [7, 11) is 0. The summed E-state index contributed by atoms with van der Waals surface area (Å²) >= 11 is 1.69. The molecule has 1 aromatic heterocycles. The summed E-state index contributed by atoms with van der Waals surface area (Å²) in [5.74, 6) is 0.658. The van der Waals surface area contributed by atoms with Gasteiger partial charge in [-0.3, -0.25) is 0 Å². The summed E-state index contributed by atoms with van der Waals surface area (Å²) < 4.78 is 1.87. The molecule has 2 rings (SSSR count). The van der Waals surface area contributed by atoms with Gasteiger partial charge in [0.15, 0.2) is 0 Å². The molecule has 0 radical (unpaired) electrons. The van der Waals surface area contributed by atoms with Crippen LogP contribution in [0.1, 0.15) is 31.6 Å². The Morgan fingerprint density at radius 1 is 1.19 bits per heavy atom. The standard InChI is InChI=1S/C15H23N5S/c1-12(2)11-16-9-10-20-15(17-18-19-20)21-13(3)14-7-5-4-6-8-14/h4-8,12-13,16H,9-11H2,1-3H3. The van der Waals surface area contributed by atoms with Crippen LogP contribution in [0.2, 0.25) is 0 Å². The van der Waals surface area contributed by atoms with Gasteiger partial charge in [-0.25, -0.2) is 4.68 Å². The minimum atomic E-state index is 0.333. The largest absolute Gasteiger partial charge is 0.315 e. The zero-order chi connectivity index (χ0) is 15.1. The van der Waals surface area contributed by atoms with Crippen molar-refractivity contribution in [1.82, 2.24) is 25.5 Å². The van der Waals surface area contributed by atoms with E-state index >= 15 is 0 Å². The maximum Gasteiger partial charge on any atom is 0.209 e. The van der Waals surface area contributed by atoms with E-state index in [-0.39, 0.29) is 0 Å². The van der Waals surface area contributed by atoms with Crippen LogP contribution in [-0.4, -0.2) is 33.3 Å². The molecule has 1 aromatic carbocycles. The van der Waals surface area contributed by atoms with E-state index in [0.717, 1.165) is 24.8 Å². The summed E-state index contributed by atoms with van der Waals surface area (Å²) in [4.78, 5) is 0. The molecular formula is C15H23N5S. The molecule has 1 N–H and O–H groups in total. The van der Waals surface area contributed by atoms with Crippen LogP contribution in [0.5, 0.6) is 0 Å². The van der Waals surface area contributed by atoms with Crippen LogP contribution < -0.4 is 5.32 Å². The number of benzene rings is 1. The van der Waals surface area contributed by atoms with E-state index in [9.17, 15) is 0 Å². The van der Waals surface area contributed by atoms with Gasteiger partial charge in [-0.1, -0.05) is 55.9 Å². The smallest absolute Gasteiger partial charge is 0.209 e. The highest BCUT2D eigenvalue weighted by Gasteiger charge is 2.13. The third kappa shape index (κ3) is 5.13. The first-order valence-electron chi connectivity index (χ1n) is 7.35. The van der Waals surface area contributed by atoms with Gasteiger partial charge in [-0.15, -0.1) is 5.10 Å². The molecule has 0 spiro atoms. The molecule has 114 valence electrons. The van der Waals surface area contributed by atoms with Crippen LogP contribution in [0.25, 0.3) is 0 Å². The van der Waals surface area contributed by atoms with Crippen molar-refractivity contribution < 1.29 is 0 Å². The van der Waals surface area contributed by atoms with E-state index in [1.165, 1.54) is 5.56 Å². The molecule has 2 aromatic rings. The highest BCUT2D eigenvalue weighted by atomic mass is 32.2. The van der Waals surface area contributed by atoms with Crippen molar-refractivity contribution in [3.8, 4) is 0 Å². The molecule has 0 bridgehead atoms. The molecular weight excluding hydrogens is 282 g/mol. The number of thioether (sulfide) groups is 1.